The van der Waals surface area contributed by atoms with Crippen molar-refractivity contribution in [3.05, 3.63) is 57.9 Å². The number of aryl methyl sites for hydroxylation is 1. The van der Waals surface area contributed by atoms with Crippen LogP contribution in [0, 0.1) is 17.1 Å². The highest BCUT2D eigenvalue weighted by Gasteiger charge is 2.35. The van der Waals surface area contributed by atoms with E-state index in [1.165, 1.54) is 10.6 Å². The zero-order chi connectivity index (χ0) is 26.9. The molecule has 2 atom stereocenters. The second-order valence-corrected chi connectivity index (χ2v) is 8.85. The number of pyridine rings is 1. The fourth-order valence-electron chi connectivity index (χ4n) is 4.94. The van der Waals surface area contributed by atoms with E-state index >= 15 is 0 Å². The van der Waals surface area contributed by atoms with Crippen LogP contribution in [0.2, 0.25) is 0 Å². The number of rotatable bonds is 6. The summed E-state index contributed by atoms with van der Waals surface area (Å²) in [4.78, 5) is 25.3. The van der Waals surface area contributed by atoms with Crippen LogP contribution >= 0.6 is 0 Å². The highest BCUT2D eigenvalue weighted by atomic mass is 19.4. The Morgan fingerprint density at radius 2 is 1.95 bits per heavy atom. The lowest BCUT2D eigenvalue weighted by atomic mass is 9.97. The van der Waals surface area contributed by atoms with Gasteiger partial charge in [0.15, 0.2) is 5.82 Å². The molecule has 12 heteroatoms. The smallest absolute Gasteiger partial charge is 0.406 e. The number of benzene rings is 1. The Hall–Kier alpha value is -3.72. The average Bonchev–Trinajstić information content (AvgIpc) is 2.86. The Labute approximate surface area is 210 Å². The summed E-state index contributed by atoms with van der Waals surface area (Å²) in [7, 11) is 1.59. The summed E-state index contributed by atoms with van der Waals surface area (Å²) >= 11 is 0. The van der Waals surface area contributed by atoms with Crippen molar-refractivity contribution in [1.82, 2.24) is 19.4 Å². The zero-order valence-corrected chi connectivity index (χ0v) is 20.6. The molecule has 1 aromatic carbocycles. The number of hydrogen-bond donors (Lipinski definition) is 0. The van der Waals surface area contributed by atoms with Crippen LogP contribution in [0.25, 0.3) is 11.0 Å². The van der Waals surface area contributed by atoms with Crippen LogP contribution in [-0.2, 0) is 7.05 Å². The van der Waals surface area contributed by atoms with Crippen LogP contribution in [0.1, 0.15) is 44.0 Å². The van der Waals surface area contributed by atoms with E-state index < -0.39 is 23.6 Å². The molecule has 196 valence electrons. The fourth-order valence-corrected chi connectivity index (χ4v) is 4.94. The van der Waals surface area contributed by atoms with Crippen LogP contribution < -0.4 is 15.3 Å². The third-order valence-corrected chi connectivity index (χ3v) is 6.70. The van der Waals surface area contributed by atoms with Crippen LogP contribution in [0.15, 0.2) is 35.1 Å². The van der Waals surface area contributed by atoms with E-state index in [-0.39, 0.29) is 17.8 Å². The van der Waals surface area contributed by atoms with E-state index in [0.717, 1.165) is 12.1 Å². The molecule has 0 amide bonds. The van der Waals surface area contributed by atoms with Crippen molar-refractivity contribution in [2.75, 3.05) is 24.5 Å². The van der Waals surface area contributed by atoms with Crippen molar-refractivity contribution >= 4 is 16.9 Å². The molecule has 1 aliphatic rings. The van der Waals surface area contributed by atoms with Gasteiger partial charge in [-0.25, -0.2) is 14.2 Å². The predicted octanol–water partition coefficient (Wildman–Crippen LogP) is 4.29. The van der Waals surface area contributed by atoms with Crippen LogP contribution in [-0.4, -0.2) is 51.5 Å². The first-order chi connectivity index (χ1) is 17.6. The molecule has 3 heterocycles. The number of fused-ring (bicyclic) bond motifs is 1. The zero-order valence-electron chi connectivity index (χ0n) is 20.6. The maximum Gasteiger partial charge on any atom is 0.573 e. The summed E-state index contributed by atoms with van der Waals surface area (Å²) in [6.45, 7) is 5.31. The molecular weight excluding hydrogens is 492 g/mol. The van der Waals surface area contributed by atoms with Gasteiger partial charge in [0.2, 0.25) is 0 Å². The van der Waals surface area contributed by atoms with E-state index in [9.17, 15) is 27.6 Å². The van der Waals surface area contributed by atoms with Crippen LogP contribution in [0.4, 0.5) is 23.4 Å². The van der Waals surface area contributed by atoms with Crippen molar-refractivity contribution < 1.29 is 22.3 Å². The number of anilines is 1. The summed E-state index contributed by atoms with van der Waals surface area (Å²) in [6, 6.07) is 8.02. The van der Waals surface area contributed by atoms with Gasteiger partial charge in [-0.2, -0.15) is 10.2 Å². The molecule has 0 N–H and O–H groups in total. The second-order valence-electron chi connectivity index (χ2n) is 8.85. The Balaban J connectivity index is 1.64. The van der Waals surface area contributed by atoms with Gasteiger partial charge in [0.05, 0.1) is 5.52 Å². The van der Waals surface area contributed by atoms with E-state index in [2.05, 4.69) is 19.6 Å². The molecule has 0 spiro atoms. The lowest BCUT2D eigenvalue weighted by molar-refractivity contribution is -0.274. The van der Waals surface area contributed by atoms with Gasteiger partial charge in [-0.05, 0) is 31.0 Å². The number of nitriles is 1. The second kappa shape index (κ2) is 10.3. The van der Waals surface area contributed by atoms with Gasteiger partial charge >= 0.3 is 12.1 Å². The van der Waals surface area contributed by atoms with Crippen LogP contribution in [0.3, 0.4) is 0 Å². The summed E-state index contributed by atoms with van der Waals surface area (Å²) in [6.07, 6.45) is -3.67. The van der Waals surface area contributed by atoms with E-state index in [4.69, 9.17) is 0 Å². The number of halogens is 4. The standard InChI is InChI=1S/C25H26F4N6O2/c1-4-16-14-34(23-22-21(33(3)24(36)32-23)9-6-15(13-30)31-22)10-11-35(16)20(5-2)18-8-7-17(12-19(18)26)37-25(27,28)29/h6-9,12,16,20H,4-5,10-11,14H2,1-3H3. The summed E-state index contributed by atoms with van der Waals surface area (Å²) < 4.78 is 57.8. The number of aromatic nitrogens is 3. The van der Waals surface area contributed by atoms with Gasteiger partial charge in [0.25, 0.3) is 0 Å². The van der Waals surface area contributed by atoms with Gasteiger partial charge in [0.1, 0.15) is 28.8 Å². The van der Waals surface area contributed by atoms with E-state index in [0.29, 0.717) is 54.9 Å². The Kier molecular flexibility index (Phi) is 7.36. The molecule has 1 fully saturated rings. The van der Waals surface area contributed by atoms with Gasteiger partial charge in [-0.1, -0.05) is 19.9 Å². The molecule has 1 aliphatic heterocycles. The van der Waals surface area contributed by atoms with Gasteiger partial charge in [-0.3, -0.25) is 9.47 Å². The Morgan fingerprint density at radius 1 is 1.19 bits per heavy atom. The largest absolute Gasteiger partial charge is 0.573 e. The number of alkyl halides is 3. The highest BCUT2D eigenvalue weighted by Crippen LogP contribution is 2.35. The molecule has 3 aromatic rings. The molecular formula is C25H26F4N6O2. The lowest BCUT2D eigenvalue weighted by Gasteiger charge is -2.45. The van der Waals surface area contributed by atoms with Gasteiger partial charge in [0, 0.05) is 50.4 Å². The minimum atomic E-state index is -4.90. The van der Waals surface area contributed by atoms with Crippen molar-refractivity contribution in [3.63, 3.8) is 0 Å². The predicted molar refractivity (Wildman–Crippen MR) is 129 cm³/mol. The van der Waals surface area contributed by atoms with Crippen molar-refractivity contribution in [1.29, 1.82) is 5.26 Å². The topological polar surface area (TPSA) is 87.3 Å². The number of hydrogen-bond acceptors (Lipinski definition) is 7. The van der Waals surface area contributed by atoms with Crippen LogP contribution in [0.5, 0.6) is 5.75 Å². The highest BCUT2D eigenvalue weighted by molar-refractivity contribution is 5.86. The summed E-state index contributed by atoms with van der Waals surface area (Å²) in [5.74, 6) is -0.979. The molecule has 2 unspecified atom stereocenters. The van der Waals surface area contributed by atoms with Crippen molar-refractivity contribution in [2.24, 2.45) is 7.05 Å². The molecule has 0 aliphatic carbocycles. The SMILES string of the molecule is CCC1CN(c2nc(=O)n(C)c3ccc(C#N)nc23)CCN1C(CC)c1ccc(OC(F)(F)F)cc1F. The fraction of sp³-hybridized carbons (Fsp3) is 0.440. The first-order valence-corrected chi connectivity index (χ1v) is 11.9. The molecule has 4 rings (SSSR count). The maximum absolute atomic E-state index is 15.0. The van der Waals surface area contributed by atoms with Gasteiger partial charge < -0.3 is 9.64 Å². The summed E-state index contributed by atoms with van der Waals surface area (Å²) in [5, 5.41) is 9.31. The number of piperazine rings is 1. The third kappa shape index (κ3) is 5.36. The normalized spacial score (nSPS) is 17.6. The van der Waals surface area contributed by atoms with Crippen molar-refractivity contribution in [2.45, 2.75) is 45.1 Å². The number of ether oxygens (including phenoxy) is 1. The Bertz CT molecular complexity index is 1400. The first-order valence-electron chi connectivity index (χ1n) is 11.9. The third-order valence-electron chi connectivity index (χ3n) is 6.70. The molecule has 0 radical (unpaired) electrons. The minimum absolute atomic E-state index is 0.0655. The lowest BCUT2D eigenvalue weighted by Crippen LogP contribution is -2.54. The van der Waals surface area contributed by atoms with Gasteiger partial charge in [-0.15, -0.1) is 13.2 Å². The Morgan fingerprint density at radius 3 is 2.57 bits per heavy atom. The molecule has 8 nitrogen and oxygen atoms in total. The maximum atomic E-state index is 15.0. The minimum Gasteiger partial charge on any atom is -0.406 e. The summed E-state index contributed by atoms with van der Waals surface area (Å²) in [5.41, 5.74) is 1.06. The van der Waals surface area contributed by atoms with E-state index in [1.807, 2.05) is 24.8 Å². The first kappa shape index (κ1) is 26.3. The average molecular weight is 519 g/mol. The molecule has 37 heavy (non-hydrogen) atoms. The van der Waals surface area contributed by atoms with E-state index in [1.54, 1.807) is 19.2 Å². The quantitative estimate of drug-likeness (QED) is 0.450. The molecule has 1 saturated heterocycles. The molecule has 0 saturated carbocycles. The molecule has 0 bridgehead atoms. The molecule has 2 aromatic heterocycles. The van der Waals surface area contributed by atoms with Crippen molar-refractivity contribution in [3.8, 4) is 11.8 Å². The number of nitrogens with zero attached hydrogens (tertiary/aromatic N) is 6. The monoisotopic (exact) mass is 518 g/mol.